The monoisotopic (exact) mass is 542 g/mol. The third-order valence-corrected chi connectivity index (χ3v) is 8.62. The van der Waals surface area contributed by atoms with Gasteiger partial charge in [-0.15, -0.1) is 10.2 Å². The van der Waals surface area contributed by atoms with E-state index in [0.29, 0.717) is 11.8 Å². The van der Waals surface area contributed by atoms with Gasteiger partial charge in [0.1, 0.15) is 0 Å². The molecule has 2 atom stereocenters. The van der Waals surface area contributed by atoms with Crippen molar-refractivity contribution in [1.82, 2.24) is 19.3 Å². The Morgan fingerprint density at radius 2 is 1.36 bits per heavy atom. The van der Waals surface area contributed by atoms with Crippen molar-refractivity contribution in [3.63, 3.8) is 0 Å². The molecule has 0 bridgehead atoms. The predicted octanol–water partition coefficient (Wildman–Crippen LogP) is 8.86. The first-order chi connectivity index (χ1) is 20.8. The van der Waals surface area contributed by atoms with Crippen molar-refractivity contribution < 1.29 is 0 Å². The molecule has 4 aromatic carbocycles. The second-order valence-electron chi connectivity index (χ2n) is 11.1. The van der Waals surface area contributed by atoms with Crippen molar-refractivity contribution >= 4 is 17.0 Å². The topological polar surface area (TPSA) is 35.6 Å². The van der Waals surface area contributed by atoms with Gasteiger partial charge in [0.25, 0.3) is 0 Å². The summed E-state index contributed by atoms with van der Waals surface area (Å²) in [5.74, 6) is 2.57. The highest BCUT2D eigenvalue weighted by molar-refractivity contribution is 5.93. The van der Waals surface area contributed by atoms with E-state index in [-0.39, 0.29) is 0 Å². The Balaban J connectivity index is 1.37. The van der Waals surface area contributed by atoms with Gasteiger partial charge in [0.05, 0.1) is 16.9 Å². The third kappa shape index (κ3) is 4.15. The molecular formula is C38H30N4. The normalized spacial score (nSPS) is 17.5. The minimum Gasteiger partial charge on any atom is -0.278 e. The number of allylic oxidation sites excluding steroid dienone is 5. The molecule has 6 aromatic rings. The van der Waals surface area contributed by atoms with Crippen LogP contribution in [0, 0.1) is 11.8 Å². The van der Waals surface area contributed by atoms with Gasteiger partial charge in [-0.05, 0) is 71.7 Å². The molecule has 0 aliphatic heterocycles. The average molecular weight is 543 g/mol. The predicted molar refractivity (Wildman–Crippen MR) is 172 cm³/mol. The van der Waals surface area contributed by atoms with E-state index in [4.69, 9.17) is 10.2 Å². The maximum atomic E-state index is 4.88. The first kappa shape index (κ1) is 24.6. The van der Waals surface area contributed by atoms with Crippen LogP contribution >= 0.6 is 0 Å². The first-order valence-corrected chi connectivity index (χ1v) is 14.7. The van der Waals surface area contributed by atoms with E-state index >= 15 is 0 Å². The van der Waals surface area contributed by atoms with Gasteiger partial charge in [0.15, 0.2) is 5.82 Å². The SMILES string of the molecule is C1=CCC(C2C=Cc3c(c4cc(-c5ccccc5)ccc4n3-c3nnc(-c4ccccc4)n3-c3ccccc3)C2)C=C1. The number of nitrogens with zero attached hydrogens (tertiary/aromatic N) is 4. The fraction of sp³-hybridized carbons (Fsp3) is 0.105. The van der Waals surface area contributed by atoms with Crippen molar-refractivity contribution in [2.45, 2.75) is 12.8 Å². The number of fused-ring (bicyclic) bond motifs is 3. The lowest BCUT2D eigenvalue weighted by Gasteiger charge is -2.25. The van der Waals surface area contributed by atoms with E-state index in [1.165, 1.54) is 27.8 Å². The number of benzene rings is 4. The van der Waals surface area contributed by atoms with E-state index in [2.05, 4.69) is 143 Å². The molecular weight excluding hydrogens is 512 g/mol. The summed E-state index contributed by atoms with van der Waals surface area (Å²) >= 11 is 0. The van der Waals surface area contributed by atoms with Gasteiger partial charge in [-0.1, -0.05) is 115 Å². The lowest BCUT2D eigenvalue weighted by molar-refractivity contribution is 0.472. The molecule has 2 aromatic heterocycles. The zero-order chi connectivity index (χ0) is 27.9. The summed E-state index contributed by atoms with van der Waals surface area (Å²) in [6.45, 7) is 0. The molecule has 0 radical (unpaired) electrons. The van der Waals surface area contributed by atoms with Crippen LogP contribution in [0.25, 0.3) is 51.1 Å². The quantitative estimate of drug-likeness (QED) is 0.218. The number of aromatic nitrogens is 4. The lowest BCUT2D eigenvalue weighted by atomic mass is 9.79. The van der Waals surface area contributed by atoms with Gasteiger partial charge >= 0.3 is 0 Å². The largest absolute Gasteiger partial charge is 0.278 e. The number of para-hydroxylation sites is 1. The van der Waals surface area contributed by atoms with Crippen molar-refractivity contribution in [3.05, 3.63) is 151 Å². The van der Waals surface area contributed by atoms with Crippen LogP contribution in [0.4, 0.5) is 0 Å². The van der Waals surface area contributed by atoms with E-state index in [1.807, 2.05) is 12.1 Å². The Labute approximate surface area is 245 Å². The Kier molecular flexibility index (Phi) is 6.03. The van der Waals surface area contributed by atoms with E-state index in [9.17, 15) is 0 Å². The molecule has 0 N–H and O–H groups in total. The molecule has 2 aliphatic carbocycles. The highest BCUT2D eigenvalue weighted by atomic mass is 15.4. The highest BCUT2D eigenvalue weighted by Gasteiger charge is 2.29. The lowest BCUT2D eigenvalue weighted by Crippen LogP contribution is -2.17. The molecule has 0 spiro atoms. The van der Waals surface area contributed by atoms with Gasteiger partial charge in [-0.2, -0.15) is 0 Å². The fourth-order valence-corrected chi connectivity index (χ4v) is 6.53. The van der Waals surface area contributed by atoms with Crippen LogP contribution in [0.3, 0.4) is 0 Å². The van der Waals surface area contributed by atoms with Crippen LogP contribution in [0.2, 0.25) is 0 Å². The number of hydrogen-bond donors (Lipinski definition) is 0. The van der Waals surface area contributed by atoms with Crippen molar-refractivity contribution in [2.75, 3.05) is 0 Å². The Hall–Kier alpha value is -5.22. The molecule has 0 saturated carbocycles. The first-order valence-electron chi connectivity index (χ1n) is 14.7. The summed E-state index contributed by atoms with van der Waals surface area (Å²) in [5.41, 5.74) is 8.22. The molecule has 2 aliphatic rings. The van der Waals surface area contributed by atoms with Crippen molar-refractivity contribution in [2.24, 2.45) is 11.8 Å². The molecule has 2 unspecified atom stereocenters. The minimum absolute atomic E-state index is 0.449. The maximum absolute atomic E-state index is 4.88. The van der Waals surface area contributed by atoms with Crippen LogP contribution in [-0.4, -0.2) is 19.3 Å². The van der Waals surface area contributed by atoms with Crippen molar-refractivity contribution in [1.29, 1.82) is 0 Å². The van der Waals surface area contributed by atoms with E-state index < -0.39 is 0 Å². The number of rotatable bonds is 5. The summed E-state index contributed by atoms with van der Waals surface area (Å²) in [4.78, 5) is 0. The summed E-state index contributed by atoms with van der Waals surface area (Å²) in [6, 6.07) is 38.3. The third-order valence-electron chi connectivity index (χ3n) is 8.62. The Bertz CT molecular complexity index is 1980. The fourth-order valence-electron chi connectivity index (χ4n) is 6.53. The van der Waals surface area contributed by atoms with Crippen LogP contribution in [0.15, 0.2) is 140 Å². The van der Waals surface area contributed by atoms with Crippen LogP contribution in [-0.2, 0) is 6.42 Å². The summed E-state index contributed by atoms with van der Waals surface area (Å²) < 4.78 is 4.50. The molecule has 0 fully saturated rings. The number of hydrogen-bond acceptors (Lipinski definition) is 2. The highest BCUT2D eigenvalue weighted by Crippen LogP contribution is 2.40. The maximum Gasteiger partial charge on any atom is 0.241 e. The van der Waals surface area contributed by atoms with E-state index in [0.717, 1.165) is 41.4 Å². The average Bonchev–Trinajstić information content (AvgIpc) is 3.65. The summed E-state index contributed by atoms with van der Waals surface area (Å²) in [6.07, 6.45) is 15.8. The van der Waals surface area contributed by atoms with Gasteiger partial charge in [0.2, 0.25) is 5.95 Å². The molecule has 8 rings (SSSR count). The zero-order valence-corrected chi connectivity index (χ0v) is 23.2. The zero-order valence-electron chi connectivity index (χ0n) is 23.2. The summed E-state index contributed by atoms with van der Waals surface area (Å²) in [7, 11) is 0. The molecule has 42 heavy (non-hydrogen) atoms. The second-order valence-corrected chi connectivity index (χ2v) is 11.1. The molecule has 4 nitrogen and oxygen atoms in total. The van der Waals surface area contributed by atoms with Crippen molar-refractivity contribution in [3.8, 4) is 34.2 Å². The molecule has 2 heterocycles. The van der Waals surface area contributed by atoms with E-state index in [1.54, 1.807) is 0 Å². The smallest absolute Gasteiger partial charge is 0.241 e. The molecule has 4 heteroatoms. The molecule has 202 valence electrons. The Morgan fingerprint density at radius 3 is 2.10 bits per heavy atom. The molecule has 0 saturated heterocycles. The van der Waals surface area contributed by atoms with Gasteiger partial charge < -0.3 is 0 Å². The van der Waals surface area contributed by atoms with Gasteiger partial charge in [0, 0.05) is 10.9 Å². The van der Waals surface area contributed by atoms with Crippen LogP contribution in [0.5, 0.6) is 0 Å². The Morgan fingerprint density at radius 1 is 0.619 bits per heavy atom. The standard InChI is InChI=1S/C38H30N4/c1-5-13-27(14-6-1)30-21-23-35-33(25-30)34-26-31(28-15-7-2-8-16-28)22-24-36(34)42(35)38-40-39-37(29-17-9-3-10-18-29)41(38)32-19-11-4-12-20-32/h1-15,17-25,28,31H,16,26H2. The minimum atomic E-state index is 0.449. The second kappa shape index (κ2) is 10.3. The molecule has 0 amide bonds. The van der Waals surface area contributed by atoms with Crippen LogP contribution < -0.4 is 0 Å². The van der Waals surface area contributed by atoms with Gasteiger partial charge in [-0.3, -0.25) is 9.13 Å². The van der Waals surface area contributed by atoms with Crippen LogP contribution in [0.1, 0.15) is 17.7 Å². The summed E-state index contributed by atoms with van der Waals surface area (Å²) in [5, 5.41) is 10.9. The van der Waals surface area contributed by atoms with Gasteiger partial charge in [-0.25, -0.2) is 0 Å².